The molecule has 0 fully saturated rings. The van der Waals surface area contributed by atoms with Gasteiger partial charge in [-0.15, -0.1) is 21.5 Å². The summed E-state index contributed by atoms with van der Waals surface area (Å²) >= 11 is 2.66. The van der Waals surface area contributed by atoms with E-state index in [2.05, 4.69) is 25.8 Å². The zero-order valence-corrected chi connectivity index (χ0v) is 19.5. The number of nitrogens with one attached hydrogen (secondary N) is 2. The Morgan fingerprint density at radius 3 is 2.42 bits per heavy atom. The normalized spacial score (nSPS) is 10.7. The van der Waals surface area contributed by atoms with E-state index in [1.54, 1.807) is 0 Å². The summed E-state index contributed by atoms with van der Waals surface area (Å²) in [5, 5.41) is 17.1. The molecular formula is C23H22N6O2S2. The van der Waals surface area contributed by atoms with Gasteiger partial charge in [-0.2, -0.15) is 0 Å². The van der Waals surface area contributed by atoms with Crippen molar-refractivity contribution < 1.29 is 9.59 Å². The number of carbonyl (C=O) groups excluding carboxylic acids is 2. The summed E-state index contributed by atoms with van der Waals surface area (Å²) in [5.74, 6) is 0.369. The van der Waals surface area contributed by atoms with Crippen molar-refractivity contribution in [3.05, 3.63) is 71.9 Å². The van der Waals surface area contributed by atoms with Crippen molar-refractivity contribution in [3.63, 3.8) is 0 Å². The minimum absolute atomic E-state index is 0.101. The Balaban J connectivity index is 1.32. The molecule has 0 radical (unpaired) electrons. The van der Waals surface area contributed by atoms with Crippen molar-refractivity contribution >= 4 is 45.7 Å². The highest BCUT2D eigenvalue weighted by Crippen LogP contribution is 2.25. The Morgan fingerprint density at radius 2 is 1.70 bits per heavy atom. The highest BCUT2D eigenvalue weighted by molar-refractivity contribution is 7.99. The second-order valence-corrected chi connectivity index (χ2v) is 8.78. The Morgan fingerprint density at radius 1 is 0.970 bits per heavy atom. The average Bonchev–Trinajstić information content (AvgIpc) is 3.45. The summed E-state index contributed by atoms with van der Waals surface area (Å²) in [5.41, 5.74) is 2.56. The van der Waals surface area contributed by atoms with Gasteiger partial charge in [-0.1, -0.05) is 60.3 Å². The largest absolute Gasteiger partial charge is 0.326 e. The Labute approximate surface area is 199 Å². The standard InChI is InChI=1S/C23H22N6O2S2/c1-2-29-19(13-20(30)24-17-11-7-4-8-12-17)27-28-23(29)33-15-21(31)26-22-25-18(14-32-22)16-9-5-3-6-10-16/h3-12,14H,2,13,15H2,1H3,(H,24,30)(H,25,26,31). The van der Waals surface area contributed by atoms with E-state index in [0.29, 0.717) is 22.7 Å². The highest BCUT2D eigenvalue weighted by Gasteiger charge is 2.16. The fraction of sp³-hybridized carbons (Fsp3) is 0.174. The van der Waals surface area contributed by atoms with Gasteiger partial charge in [-0.3, -0.25) is 9.59 Å². The number of thioether (sulfide) groups is 1. The third-order valence-corrected chi connectivity index (χ3v) is 6.36. The number of anilines is 2. The van der Waals surface area contributed by atoms with Crippen molar-refractivity contribution in [1.29, 1.82) is 0 Å². The lowest BCUT2D eigenvalue weighted by molar-refractivity contribution is -0.116. The molecule has 0 unspecified atom stereocenters. The van der Waals surface area contributed by atoms with Gasteiger partial charge in [0.15, 0.2) is 10.3 Å². The number of thiazole rings is 1. The van der Waals surface area contributed by atoms with Crippen LogP contribution in [0, 0.1) is 0 Å². The van der Waals surface area contributed by atoms with Crippen LogP contribution in [0.3, 0.4) is 0 Å². The summed E-state index contributed by atoms with van der Waals surface area (Å²) < 4.78 is 1.85. The maximum absolute atomic E-state index is 12.4. The fourth-order valence-electron chi connectivity index (χ4n) is 3.10. The quantitative estimate of drug-likeness (QED) is 0.347. The molecule has 0 saturated heterocycles. The number of para-hydroxylation sites is 1. The van der Waals surface area contributed by atoms with Crippen molar-refractivity contribution in [1.82, 2.24) is 19.7 Å². The number of rotatable bonds is 9. The summed E-state index contributed by atoms with van der Waals surface area (Å²) in [4.78, 5) is 29.3. The molecule has 0 aliphatic heterocycles. The summed E-state index contributed by atoms with van der Waals surface area (Å²) in [6, 6.07) is 19.1. The van der Waals surface area contributed by atoms with Crippen molar-refractivity contribution in [2.24, 2.45) is 0 Å². The van der Waals surface area contributed by atoms with E-state index in [1.807, 2.05) is 77.5 Å². The molecule has 10 heteroatoms. The van der Waals surface area contributed by atoms with E-state index >= 15 is 0 Å². The van der Waals surface area contributed by atoms with Gasteiger partial charge in [-0.25, -0.2) is 4.98 Å². The van der Waals surface area contributed by atoms with Crippen LogP contribution < -0.4 is 10.6 Å². The van der Waals surface area contributed by atoms with E-state index < -0.39 is 0 Å². The topological polar surface area (TPSA) is 102 Å². The van der Waals surface area contributed by atoms with Crippen LogP contribution in [0.2, 0.25) is 0 Å². The highest BCUT2D eigenvalue weighted by atomic mass is 32.2. The van der Waals surface area contributed by atoms with Gasteiger partial charge < -0.3 is 15.2 Å². The summed E-state index contributed by atoms with van der Waals surface area (Å²) in [7, 11) is 0. The first-order valence-electron chi connectivity index (χ1n) is 10.3. The van der Waals surface area contributed by atoms with Crippen LogP contribution in [0.25, 0.3) is 11.3 Å². The third kappa shape index (κ3) is 6.05. The van der Waals surface area contributed by atoms with Gasteiger partial charge in [0.25, 0.3) is 0 Å². The van der Waals surface area contributed by atoms with Gasteiger partial charge >= 0.3 is 0 Å². The van der Waals surface area contributed by atoms with Crippen molar-refractivity contribution in [2.75, 3.05) is 16.4 Å². The second-order valence-electron chi connectivity index (χ2n) is 6.97. The van der Waals surface area contributed by atoms with E-state index in [9.17, 15) is 9.59 Å². The molecule has 0 atom stereocenters. The lowest BCUT2D eigenvalue weighted by Crippen LogP contribution is -2.18. The van der Waals surface area contributed by atoms with E-state index in [-0.39, 0.29) is 24.0 Å². The maximum Gasteiger partial charge on any atom is 0.236 e. The number of benzene rings is 2. The third-order valence-electron chi connectivity index (χ3n) is 4.64. The predicted octanol–water partition coefficient (Wildman–Crippen LogP) is 4.33. The van der Waals surface area contributed by atoms with Crippen LogP contribution in [-0.4, -0.2) is 37.3 Å². The molecule has 0 saturated carbocycles. The molecule has 0 aliphatic carbocycles. The van der Waals surface area contributed by atoms with Crippen molar-refractivity contribution in [2.45, 2.75) is 25.0 Å². The molecule has 4 rings (SSSR count). The smallest absolute Gasteiger partial charge is 0.236 e. The fourth-order valence-corrected chi connectivity index (χ4v) is 4.66. The number of nitrogens with zero attached hydrogens (tertiary/aromatic N) is 4. The molecule has 4 aromatic rings. The maximum atomic E-state index is 12.4. The number of hydrogen-bond acceptors (Lipinski definition) is 7. The van der Waals surface area contributed by atoms with Gasteiger partial charge in [0, 0.05) is 23.2 Å². The monoisotopic (exact) mass is 478 g/mol. The minimum atomic E-state index is -0.178. The molecule has 0 spiro atoms. The molecule has 8 nitrogen and oxygen atoms in total. The summed E-state index contributed by atoms with van der Waals surface area (Å²) in [6.45, 7) is 2.55. The molecule has 2 aromatic heterocycles. The van der Waals surface area contributed by atoms with Gasteiger partial charge in [-0.05, 0) is 19.1 Å². The lowest BCUT2D eigenvalue weighted by atomic mass is 10.2. The number of hydrogen-bond donors (Lipinski definition) is 2. The van der Waals surface area contributed by atoms with Gasteiger partial charge in [0.05, 0.1) is 17.9 Å². The van der Waals surface area contributed by atoms with Crippen LogP contribution >= 0.6 is 23.1 Å². The molecule has 2 aromatic carbocycles. The molecule has 2 N–H and O–H groups in total. The lowest BCUT2D eigenvalue weighted by Gasteiger charge is -2.08. The van der Waals surface area contributed by atoms with E-state index in [4.69, 9.17) is 0 Å². The zero-order valence-electron chi connectivity index (χ0n) is 17.9. The minimum Gasteiger partial charge on any atom is -0.326 e. The number of amides is 2. The first-order chi connectivity index (χ1) is 16.1. The van der Waals surface area contributed by atoms with Gasteiger partial charge in [0.1, 0.15) is 5.82 Å². The predicted molar refractivity (Wildman–Crippen MR) is 131 cm³/mol. The van der Waals surface area contributed by atoms with E-state index in [0.717, 1.165) is 16.9 Å². The molecule has 168 valence electrons. The van der Waals surface area contributed by atoms with E-state index in [1.165, 1.54) is 23.1 Å². The Bertz CT molecular complexity index is 1220. The molecule has 33 heavy (non-hydrogen) atoms. The SMILES string of the molecule is CCn1c(CC(=O)Nc2ccccc2)nnc1SCC(=O)Nc1nc(-c2ccccc2)cs1. The van der Waals surface area contributed by atoms with Crippen molar-refractivity contribution in [3.8, 4) is 11.3 Å². The first-order valence-corrected chi connectivity index (χ1v) is 12.2. The first kappa shape index (κ1) is 22.7. The van der Waals surface area contributed by atoms with Crippen LogP contribution in [0.5, 0.6) is 0 Å². The molecule has 0 bridgehead atoms. The average molecular weight is 479 g/mol. The van der Waals surface area contributed by atoms with Crippen LogP contribution in [0.1, 0.15) is 12.7 Å². The summed E-state index contributed by atoms with van der Waals surface area (Å²) in [6.07, 6.45) is 0.101. The van der Waals surface area contributed by atoms with Crippen LogP contribution in [0.15, 0.2) is 71.2 Å². The second kappa shape index (κ2) is 10.9. The Hall–Kier alpha value is -3.50. The molecular weight excluding hydrogens is 456 g/mol. The number of carbonyl (C=O) groups is 2. The van der Waals surface area contributed by atoms with Gasteiger partial charge in [0.2, 0.25) is 11.8 Å². The van der Waals surface area contributed by atoms with Crippen LogP contribution in [-0.2, 0) is 22.6 Å². The molecule has 0 aliphatic rings. The molecule has 2 heterocycles. The van der Waals surface area contributed by atoms with Crippen LogP contribution in [0.4, 0.5) is 10.8 Å². The zero-order chi connectivity index (χ0) is 23.0. The number of aromatic nitrogens is 4. The Kier molecular flexibility index (Phi) is 7.48. The molecule has 2 amide bonds.